The summed E-state index contributed by atoms with van der Waals surface area (Å²) in [4.78, 5) is 8.03. The molecule has 6 nitrogen and oxygen atoms in total. The maximum Gasteiger partial charge on any atom is 0.239 e. The van der Waals surface area contributed by atoms with E-state index >= 15 is 0 Å². The van der Waals surface area contributed by atoms with E-state index in [0.717, 1.165) is 11.3 Å². The van der Waals surface area contributed by atoms with Gasteiger partial charge in [-0.15, -0.1) is 0 Å². The second-order valence-electron chi connectivity index (χ2n) is 3.70. The predicted octanol–water partition coefficient (Wildman–Crippen LogP) is 2.04. The van der Waals surface area contributed by atoms with Gasteiger partial charge in [0.15, 0.2) is 5.82 Å². The third-order valence-electron chi connectivity index (χ3n) is 2.51. The average molecular weight is 280 g/mol. The van der Waals surface area contributed by atoms with E-state index in [2.05, 4.69) is 20.7 Å². The Morgan fingerprint density at radius 3 is 2.89 bits per heavy atom. The zero-order valence-corrected chi connectivity index (χ0v) is 11.1. The van der Waals surface area contributed by atoms with E-state index in [0.29, 0.717) is 23.3 Å². The maximum absolute atomic E-state index is 6.01. The number of anilines is 2. The molecule has 0 saturated heterocycles. The van der Waals surface area contributed by atoms with E-state index in [1.165, 1.54) is 6.20 Å². The first kappa shape index (κ1) is 13.4. The summed E-state index contributed by atoms with van der Waals surface area (Å²) < 4.78 is 5.27. The third kappa shape index (κ3) is 3.24. The van der Waals surface area contributed by atoms with Gasteiger partial charge in [0, 0.05) is 12.1 Å². The van der Waals surface area contributed by atoms with Crippen LogP contribution in [0.1, 0.15) is 5.56 Å². The Morgan fingerprint density at radius 1 is 1.37 bits per heavy atom. The molecule has 2 rings (SSSR count). The van der Waals surface area contributed by atoms with Crippen LogP contribution in [0.25, 0.3) is 0 Å². The van der Waals surface area contributed by atoms with Crippen LogP contribution in [0.15, 0.2) is 30.5 Å². The fourth-order valence-corrected chi connectivity index (χ4v) is 1.75. The van der Waals surface area contributed by atoms with Crippen LogP contribution in [-0.4, -0.2) is 17.1 Å². The highest BCUT2D eigenvalue weighted by atomic mass is 35.5. The number of rotatable bonds is 5. The fourth-order valence-electron chi connectivity index (χ4n) is 1.59. The zero-order chi connectivity index (χ0) is 13.7. The van der Waals surface area contributed by atoms with Crippen LogP contribution in [-0.2, 0) is 6.54 Å². The van der Waals surface area contributed by atoms with Crippen molar-refractivity contribution in [3.05, 3.63) is 41.0 Å². The molecule has 0 radical (unpaired) electrons. The smallest absolute Gasteiger partial charge is 0.239 e. The highest BCUT2D eigenvalue weighted by Crippen LogP contribution is 2.22. The Labute approximate surface area is 115 Å². The standard InChI is InChI=1S/C12H14ClN5O/c1-19-10-5-3-2-4-8(10)6-15-11-9(13)7-16-12(17-11)18-14/h2-5,7H,6,14H2,1H3,(H2,15,16,17,18). The number of hydrogen-bond acceptors (Lipinski definition) is 6. The van der Waals surface area contributed by atoms with Crippen LogP contribution in [0, 0.1) is 0 Å². The number of hydrazine groups is 1. The van der Waals surface area contributed by atoms with Gasteiger partial charge in [0.2, 0.25) is 5.95 Å². The van der Waals surface area contributed by atoms with Crippen molar-refractivity contribution in [2.24, 2.45) is 5.84 Å². The monoisotopic (exact) mass is 279 g/mol. The Balaban J connectivity index is 2.14. The molecule has 0 aliphatic heterocycles. The molecule has 0 atom stereocenters. The molecular weight excluding hydrogens is 266 g/mol. The summed E-state index contributed by atoms with van der Waals surface area (Å²) in [6, 6.07) is 7.71. The number of methoxy groups -OCH3 is 1. The Hall–Kier alpha value is -2.05. The van der Waals surface area contributed by atoms with E-state index in [1.807, 2.05) is 24.3 Å². The van der Waals surface area contributed by atoms with Gasteiger partial charge in [0.05, 0.1) is 13.3 Å². The quantitative estimate of drug-likeness (QED) is 0.574. The number of ether oxygens (including phenoxy) is 1. The Bertz CT molecular complexity index is 564. The van der Waals surface area contributed by atoms with Crippen LogP contribution in [0.5, 0.6) is 5.75 Å². The maximum atomic E-state index is 6.01. The number of benzene rings is 1. The van der Waals surface area contributed by atoms with Crippen molar-refractivity contribution < 1.29 is 4.74 Å². The number of hydrogen-bond donors (Lipinski definition) is 3. The van der Waals surface area contributed by atoms with E-state index in [4.69, 9.17) is 22.2 Å². The molecule has 2 aromatic rings. The molecule has 0 fully saturated rings. The number of nitrogens with one attached hydrogen (secondary N) is 2. The molecular formula is C12H14ClN5O. The van der Waals surface area contributed by atoms with Crippen LogP contribution >= 0.6 is 11.6 Å². The van der Waals surface area contributed by atoms with Crippen molar-refractivity contribution >= 4 is 23.4 Å². The van der Waals surface area contributed by atoms with Gasteiger partial charge in [0.1, 0.15) is 10.8 Å². The van der Waals surface area contributed by atoms with Crippen molar-refractivity contribution in [2.45, 2.75) is 6.54 Å². The van der Waals surface area contributed by atoms with Crippen LogP contribution < -0.4 is 21.3 Å². The number of para-hydroxylation sites is 1. The van der Waals surface area contributed by atoms with E-state index in [-0.39, 0.29) is 0 Å². The van der Waals surface area contributed by atoms with E-state index < -0.39 is 0 Å². The summed E-state index contributed by atoms with van der Waals surface area (Å²) in [7, 11) is 1.63. The van der Waals surface area contributed by atoms with Crippen molar-refractivity contribution in [3.63, 3.8) is 0 Å². The molecule has 0 bridgehead atoms. The minimum absolute atomic E-state index is 0.298. The summed E-state index contributed by atoms with van der Waals surface area (Å²) >= 11 is 6.01. The first-order chi connectivity index (χ1) is 9.24. The third-order valence-corrected chi connectivity index (χ3v) is 2.79. The van der Waals surface area contributed by atoms with Gasteiger partial charge in [-0.05, 0) is 6.07 Å². The summed E-state index contributed by atoms with van der Waals surface area (Å²) in [6.45, 7) is 0.532. The van der Waals surface area contributed by atoms with E-state index in [1.54, 1.807) is 7.11 Å². The molecule has 1 aromatic heterocycles. The molecule has 0 saturated carbocycles. The summed E-state index contributed by atoms with van der Waals surface area (Å²) in [5.41, 5.74) is 3.37. The van der Waals surface area contributed by atoms with Crippen molar-refractivity contribution in [2.75, 3.05) is 17.9 Å². The molecule has 1 aromatic carbocycles. The normalized spacial score (nSPS) is 10.1. The summed E-state index contributed by atoms with van der Waals surface area (Å²) in [5, 5.41) is 3.54. The number of halogens is 1. The molecule has 0 unspecified atom stereocenters. The molecule has 4 N–H and O–H groups in total. The summed E-state index contributed by atoms with van der Waals surface area (Å²) in [5.74, 6) is 6.87. The highest BCUT2D eigenvalue weighted by molar-refractivity contribution is 6.32. The molecule has 1 heterocycles. The van der Waals surface area contributed by atoms with Crippen molar-refractivity contribution in [3.8, 4) is 5.75 Å². The minimum atomic E-state index is 0.298. The van der Waals surface area contributed by atoms with Gasteiger partial charge in [-0.3, -0.25) is 5.43 Å². The first-order valence-electron chi connectivity index (χ1n) is 5.59. The Morgan fingerprint density at radius 2 is 2.16 bits per heavy atom. The van der Waals surface area contributed by atoms with Crippen LogP contribution in [0.2, 0.25) is 5.02 Å². The number of nitrogens with two attached hydrogens (primary N) is 1. The van der Waals surface area contributed by atoms with Crippen molar-refractivity contribution in [1.82, 2.24) is 9.97 Å². The van der Waals surface area contributed by atoms with Gasteiger partial charge in [-0.2, -0.15) is 4.98 Å². The van der Waals surface area contributed by atoms with Gasteiger partial charge in [-0.1, -0.05) is 29.8 Å². The molecule has 100 valence electrons. The average Bonchev–Trinajstić information content (AvgIpc) is 2.46. The first-order valence-corrected chi connectivity index (χ1v) is 5.97. The molecule has 19 heavy (non-hydrogen) atoms. The lowest BCUT2D eigenvalue weighted by Crippen LogP contribution is -2.12. The molecule has 7 heteroatoms. The second kappa shape index (κ2) is 6.21. The highest BCUT2D eigenvalue weighted by Gasteiger charge is 2.06. The number of aromatic nitrogens is 2. The van der Waals surface area contributed by atoms with Gasteiger partial charge in [-0.25, -0.2) is 10.8 Å². The molecule has 0 aliphatic carbocycles. The largest absolute Gasteiger partial charge is 0.496 e. The predicted molar refractivity (Wildman–Crippen MR) is 75.2 cm³/mol. The molecule has 0 spiro atoms. The summed E-state index contributed by atoms with van der Waals surface area (Å²) in [6.07, 6.45) is 1.48. The van der Waals surface area contributed by atoms with Crippen molar-refractivity contribution in [1.29, 1.82) is 0 Å². The second-order valence-corrected chi connectivity index (χ2v) is 4.11. The lowest BCUT2D eigenvalue weighted by atomic mass is 10.2. The zero-order valence-electron chi connectivity index (χ0n) is 10.4. The van der Waals surface area contributed by atoms with Crippen LogP contribution in [0.3, 0.4) is 0 Å². The molecule has 0 amide bonds. The Kier molecular flexibility index (Phi) is 4.38. The minimum Gasteiger partial charge on any atom is -0.496 e. The van der Waals surface area contributed by atoms with E-state index in [9.17, 15) is 0 Å². The topological polar surface area (TPSA) is 85.1 Å². The number of nitrogen functional groups attached to an aromatic ring is 1. The lowest BCUT2D eigenvalue weighted by molar-refractivity contribution is 0.410. The van der Waals surface area contributed by atoms with Crippen LogP contribution in [0.4, 0.5) is 11.8 Å². The molecule has 0 aliphatic rings. The van der Waals surface area contributed by atoms with Gasteiger partial charge in [0.25, 0.3) is 0 Å². The SMILES string of the molecule is COc1ccccc1CNc1nc(NN)ncc1Cl. The van der Waals surface area contributed by atoms with Gasteiger partial charge >= 0.3 is 0 Å². The fraction of sp³-hybridized carbons (Fsp3) is 0.167. The number of nitrogens with zero attached hydrogens (tertiary/aromatic N) is 2. The van der Waals surface area contributed by atoms with Gasteiger partial charge < -0.3 is 10.1 Å². The lowest BCUT2D eigenvalue weighted by Gasteiger charge is -2.11.